The van der Waals surface area contributed by atoms with Crippen molar-refractivity contribution in [2.24, 2.45) is 0 Å². The van der Waals surface area contributed by atoms with Gasteiger partial charge in [-0.15, -0.1) is 0 Å². The van der Waals surface area contributed by atoms with E-state index in [1.807, 2.05) is 0 Å². The van der Waals surface area contributed by atoms with Crippen LogP contribution in [0.15, 0.2) is 54.6 Å². The third-order valence-corrected chi connectivity index (χ3v) is 2.96. The highest BCUT2D eigenvalue weighted by atomic mass is 16.5. The molecule has 0 saturated carbocycles. The molecule has 2 aromatic carbocycles. The molecule has 0 atom stereocenters. The molecule has 0 aliphatic rings. The van der Waals surface area contributed by atoms with Crippen LogP contribution in [0.25, 0.3) is 6.08 Å². The highest BCUT2D eigenvalue weighted by Crippen LogP contribution is 2.18. The van der Waals surface area contributed by atoms with Gasteiger partial charge in [-0.05, 0) is 35.9 Å². The van der Waals surface area contributed by atoms with Gasteiger partial charge in [-0.25, -0.2) is 4.79 Å². The molecule has 1 N–H and O–H groups in total. The number of rotatable bonds is 5. The summed E-state index contributed by atoms with van der Waals surface area (Å²) in [5, 5.41) is 8.81. The molecule has 0 aliphatic carbocycles. The van der Waals surface area contributed by atoms with E-state index < -0.39 is 5.97 Å². The molecule has 0 amide bonds. The van der Waals surface area contributed by atoms with E-state index in [0.29, 0.717) is 11.3 Å². The predicted octanol–water partition coefficient (Wildman–Crippen LogP) is 3.29. The van der Waals surface area contributed by atoms with E-state index in [1.54, 1.807) is 42.5 Å². The molecule has 0 saturated heterocycles. The molecule has 2 aromatic rings. The van der Waals surface area contributed by atoms with Crippen LogP contribution in [0.1, 0.15) is 26.3 Å². The first-order valence-corrected chi connectivity index (χ1v) is 6.30. The third kappa shape index (κ3) is 3.57. The molecular weight excluding hydrogens is 268 g/mol. The van der Waals surface area contributed by atoms with Crippen molar-refractivity contribution in [2.45, 2.75) is 0 Å². The van der Waals surface area contributed by atoms with Crippen molar-refractivity contribution >= 4 is 17.8 Å². The zero-order valence-electron chi connectivity index (χ0n) is 11.4. The van der Waals surface area contributed by atoms with Crippen LogP contribution in [-0.2, 0) is 0 Å². The first-order chi connectivity index (χ1) is 10.1. The third-order valence-electron chi connectivity index (χ3n) is 2.96. The maximum absolute atomic E-state index is 12.1. The van der Waals surface area contributed by atoms with Crippen molar-refractivity contribution in [3.8, 4) is 5.75 Å². The van der Waals surface area contributed by atoms with Crippen molar-refractivity contribution in [1.29, 1.82) is 0 Å². The second kappa shape index (κ2) is 6.52. The number of carboxylic acid groups (broad SMARTS) is 1. The highest BCUT2D eigenvalue weighted by Gasteiger charge is 2.08. The van der Waals surface area contributed by atoms with Gasteiger partial charge >= 0.3 is 5.97 Å². The van der Waals surface area contributed by atoms with Crippen molar-refractivity contribution in [3.63, 3.8) is 0 Å². The number of benzene rings is 2. The minimum absolute atomic E-state index is 0.172. The molecular formula is C17H14O4. The molecule has 0 aliphatic heterocycles. The SMILES string of the molecule is COc1ccccc1C(=O)/C=C/c1ccc(C(=O)O)cc1. The molecule has 106 valence electrons. The van der Waals surface area contributed by atoms with Crippen LogP contribution in [0.2, 0.25) is 0 Å². The highest BCUT2D eigenvalue weighted by molar-refractivity contribution is 6.08. The molecule has 2 rings (SSSR count). The van der Waals surface area contributed by atoms with E-state index in [0.717, 1.165) is 5.56 Å². The van der Waals surface area contributed by atoms with Crippen LogP contribution in [0.3, 0.4) is 0 Å². The summed E-state index contributed by atoms with van der Waals surface area (Å²) in [7, 11) is 1.51. The van der Waals surface area contributed by atoms with Crippen molar-refractivity contribution in [1.82, 2.24) is 0 Å². The molecule has 0 spiro atoms. The number of carbonyl (C=O) groups excluding carboxylic acids is 1. The van der Waals surface area contributed by atoms with Gasteiger partial charge in [0.15, 0.2) is 5.78 Å². The van der Waals surface area contributed by atoms with E-state index in [-0.39, 0.29) is 11.3 Å². The molecule has 0 heterocycles. The molecule has 0 fully saturated rings. The normalized spacial score (nSPS) is 10.5. The molecule has 21 heavy (non-hydrogen) atoms. The average molecular weight is 282 g/mol. The summed E-state index contributed by atoms with van der Waals surface area (Å²) in [6.07, 6.45) is 3.08. The Morgan fingerprint density at radius 3 is 2.33 bits per heavy atom. The summed E-state index contributed by atoms with van der Waals surface area (Å²) in [6.45, 7) is 0. The maximum Gasteiger partial charge on any atom is 0.335 e. The van der Waals surface area contributed by atoms with Gasteiger partial charge in [-0.1, -0.05) is 30.3 Å². The second-order valence-corrected chi connectivity index (χ2v) is 4.33. The van der Waals surface area contributed by atoms with E-state index >= 15 is 0 Å². The average Bonchev–Trinajstić information content (AvgIpc) is 2.52. The minimum atomic E-state index is -0.976. The van der Waals surface area contributed by atoms with Crippen LogP contribution < -0.4 is 4.74 Å². The number of carbonyl (C=O) groups is 2. The van der Waals surface area contributed by atoms with Crippen molar-refractivity contribution < 1.29 is 19.4 Å². The number of ether oxygens (including phenoxy) is 1. The number of para-hydroxylation sites is 1. The lowest BCUT2D eigenvalue weighted by Gasteiger charge is -2.04. The Bertz CT molecular complexity index is 684. The summed E-state index contributed by atoms with van der Waals surface area (Å²) >= 11 is 0. The predicted molar refractivity (Wildman–Crippen MR) is 79.8 cm³/mol. The molecule has 0 unspecified atom stereocenters. The van der Waals surface area contributed by atoms with Gasteiger partial charge in [0.2, 0.25) is 0 Å². The van der Waals surface area contributed by atoms with Gasteiger partial charge in [0.25, 0.3) is 0 Å². The fourth-order valence-corrected chi connectivity index (χ4v) is 1.85. The number of hydrogen-bond acceptors (Lipinski definition) is 3. The molecule has 4 nitrogen and oxygen atoms in total. The van der Waals surface area contributed by atoms with Crippen LogP contribution >= 0.6 is 0 Å². The van der Waals surface area contributed by atoms with Crippen molar-refractivity contribution in [3.05, 3.63) is 71.3 Å². The van der Waals surface area contributed by atoms with E-state index in [4.69, 9.17) is 9.84 Å². The van der Waals surface area contributed by atoms with Gasteiger partial charge < -0.3 is 9.84 Å². The van der Waals surface area contributed by atoms with E-state index in [2.05, 4.69) is 0 Å². The smallest absolute Gasteiger partial charge is 0.335 e. The number of hydrogen-bond donors (Lipinski definition) is 1. The zero-order valence-corrected chi connectivity index (χ0v) is 11.4. The maximum atomic E-state index is 12.1. The summed E-state index contributed by atoms with van der Waals surface area (Å²) < 4.78 is 5.14. The van der Waals surface area contributed by atoms with E-state index in [9.17, 15) is 9.59 Å². The standard InChI is InChI=1S/C17H14O4/c1-21-16-5-3-2-4-14(16)15(18)11-8-12-6-9-13(10-7-12)17(19)20/h2-11H,1H3,(H,19,20)/b11-8+. The lowest BCUT2D eigenvalue weighted by atomic mass is 10.1. The first kappa shape index (κ1) is 14.5. The number of carboxylic acids is 1. The molecule has 0 bridgehead atoms. The number of allylic oxidation sites excluding steroid dienone is 1. The van der Waals surface area contributed by atoms with Gasteiger partial charge in [0.05, 0.1) is 18.2 Å². The van der Waals surface area contributed by atoms with Crippen LogP contribution in [-0.4, -0.2) is 24.0 Å². The fourth-order valence-electron chi connectivity index (χ4n) is 1.85. The lowest BCUT2D eigenvalue weighted by molar-refractivity contribution is 0.0696. The second-order valence-electron chi connectivity index (χ2n) is 4.33. The summed E-state index contributed by atoms with van der Waals surface area (Å²) in [6, 6.07) is 13.3. The molecule has 0 aromatic heterocycles. The number of ketones is 1. The van der Waals surface area contributed by atoms with Gasteiger partial charge in [-0.3, -0.25) is 4.79 Å². The fraction of sp³-hybridized carbons (Fsp3) is 0.0588. The number of aromatic carboxylic acids is 1. The Morgan fingerprint density at radius 2 is 1.71 bits per heavy atom. The topological polar surface area (TPSA) is 63.6 Å². The van der Waals surface area contributed by atoms with Crippen molar-refractivity contribution in [2.75, 3.05) is 7.11 Å². The molecule has 4 heteroatoms. The van der Waals surface area contributed by atoms with Crippen LogP contribution in [0, 0.1) is 0 Å². The summed E-state index contributed by atoms with van der Waals surface area (Å²) in [5.41, 5.74) is 1.45. The Labute approximate surface area is 122 Å². The lowest BCUT2D eigenvalue weighted by Crippen LogP contribution is -1.98. The molecule has 0 radical (unpaired) electrons. The Kier molecular flexibility index (Phi) is 4.51. The van der Waals surface area contributed by atoms with Gasteiger partial charge in [0, 0.05) is 0 Å². The quantitative estimate of drug-likeness (QED) is 0.675. The van der Waals surface area contributed by atoms with Crippen LogP contribution in [0.5, 0.6) is 5.75 Å². The summed E-state index contributed by atoms with van der Waals surface area (Å²) in [4.78, 5) is 22.9. The van der Waals surface area contributed by atoms with Gasteiger partial charge in [0.1, 0.15) is 5.75 Å². The van der Waals surface area contributed by atoms with Crippen LogP contribution in [0.4, 0.5) is 0 Å². The Morgan fingerprint density at radius 1 is 1.05 bits per heavy atom. The van der Waals surface area contributed by atoms with Gasteiger partial charge in [-0.2, -0.15) is 0 Å². The monoisotopic (exact) mass is 282 g/mol. The van der Waals surface area contributed by atoms with E-state index in [1.165, 1.54) is 25.3 Å². The first-order valence-electron chi connectivity index (χ1n) is 6.30. The Hall–Kier alpha value is -2.88. The Balaban J connectivity index is 2.17. The minimum Gasteiger partial charge on any atom is -0.496 e. The zero-order chi connectivity index (χ0) is 15.2. The summed E-state index contributed by atoms with van der Waals surface area (Å²) in [5.74, 6) is -0.626. The largest absolute Gasteiger partial charge is 0.496 e. The number of methoxy groups -OCH3 is 1.